The van der Waals surface area contributed by atoms with Gasteiger partial charge in [0.25, 0.3) is 5.91 Å². The molecule has 1 aromatic heterocycles. The molecule has 1 heterocycles. The number of pyridine rings is 1. The van der Waals surface area contributed by atoms with Gasteiger partial charge in [0.05, 0.1) is 11.1 Å². The summed E-state index contributed by atoms with van der Waals surface area (Å²) in [6.07, 6.45) is 1.28. The first-order valence-corrected chi connectivity index (χ1v) is 5.72. The zero-order valence-electron chi connectivity index (χ0n) is 10.5. The summed E-state index contributed by atoms with van der Waals surface area (Å²) in [4.78, 5) is 26.7. The molecule has 0 spiro atoms. The van der Waals surface area contributed by atoms with Crippen LogP contribution in [0.4, 0.5) is 10.1 Å². The summed E-state index contributed by atoms with van der Waals surface area (Å²) in [5.74, 6) is -2.76. The highest BCUT2D eigenvalue weighted by Gasteiger charge is 2.18. The number of carbonyl (C=O) groups excluding carboxylic acids is 1. The maximum atomic E-state index is 13.2. The molecule has 0 saturated carbocycles. The third-order valence-corrected chi connectivity index (χ3v) is 2.60. The molecular formula is C14H8FN3O3. The second-order valence-electron chi connectivity index (χ2n) is 3.97. The third kappa shape index (κ3) is 3.01. The molecule has 0 bridgehead atoms. The van der Waals surface area contributed by atoms with Crippen LogP contribution in [-0.2, 0) is 0 Å². The van der Waals surface area contributed by atoms with E-state index in [0.29, 0.717) is 0 Å². The number of aromatic nitrogens is 1. The maximum Gasteiger partial charge on any atom is 0.338 e. The molecule has 1 aromatic carbocycles. The summed E-state index contributed by atoms with van der Waals surface area (Å²) in [5.41, 5.74) is -0.585. The summed E-state index contributed by atoms with van der Waals surface area (Å²) in [6.45, 7) is 0. The van der Waals surface area contributed by atoms with Crippen LogP contribution in [0.3, 0.4) is 0 Å². The van der Waals surface area contributed by atoms with E-state index < -0.39 is 17.7 Å². The Morgan fingerprint density at radius 3 is 2.76 bits per heavy atom. The van der Waals surface area contributed by atoms with Gasteiger partial charge >= 0.3 is 5.97 Å². The Balaban J connectivity index is 2.31. The van der Waals surface area contributed by atoms with E-state index in [1.54, 1.807) is 6.07 Å². The van der Waals surface area contributed by atoms with Crippen molar-refractivity contribution in [2.24, 2.45) is 0 Å². The Labute approximate surface area is 118 Å². The molecule has 0 aliphatic carbocycles. The van der Waals surface area contributed by atoms with Crippen molar-refractivity contribution in [2.45, 2.75) is 0 Å². The van der Waals surface area contributed by atoms with Crippen molar-refractivity contribution in [3.05, 3.63) is 59.2 Å². The Bertz CT molecular complexity index is 768. The van der Waals surface area contributed by atoms with Crippen molar-refractivity contribution in [1.29, 1.82) is 5.26 Å². The first-order chi connectivity index (χ1) is 10.0. The summed E-state index contributed by atoms with van der Waals surface area (Å²) in [7, 11) is 0. The van der Waals surface area contributed by atoms with E-state index in [1.807, 2.05) is 0 Å². The lowest BCUT2D eigenvalue weighted by Gasteiger charge is -2.07. The van der Waals surface area contributed by atoms with E-state index in [9.17, 15) is 14.0 Å². The molecule has 0 aliphatic rings. The SMILES string of the molecule is N#Cc1cc(NC(=O)c2ncccc2C(=O)O)ccc1F. The van der Waals surface area contributed by atoms with Crippen molar-refractivity contribution < 1.29 is 19.1 Å². The minimum Gasteiger partial charge on any atom is -0.478 e. The van der Waals surface area contributed by atoms with Gasteiger partial charge in [0.1, 0.15) is 17.6 Å². The van der Waals surface area contributed by atoms with Gasteiger partial charge < -0.3 is 10.4 Å². The molecule has 0 aliphatic heterocycles. The Morgan fingerprint density at radius 1 is 1.33 bits per heavy atom. The van der Waals surface area contributed by atoms with Gasteiger partial charge in [-0.05, 0) is 30.3 Å². The molecular weight excluding hydrogens is 277 g/mol. The normalized spacial score (nSPS) is 9.71. The molecule has 0 saturated heterocycles. The molecule has 104 valence electrons. The van der Waals surface area contributed by atoms with Gasteiger partial charge in [-0.3, -0.25) is 9.78 Å². The highest BCUT2D eigenvalue weighted by molar-refractivity contribution is 6.09. The monoisotopic (exact) mass is 285 g/mol. The van der Waals surface area contributed by atoms with Crippen LogP contribution in [0.25, 0.3) is 0 Å². The van der Waals surface area contributed by atoms with Crippen LogP contribution in [0.2, 0.25) is 0 Å². The molecule has 7 heteroatoms. The molecule has 0 radical (unpaired) electrons. The van der Waals surface area contributed by atoms with Crippen LogP contribution < -0.4 is 5.32 Å². The second kappa shape index (κ2) is 5.79. The lowest BCUT2D eigenvalue weighted by Crippen LogP contribution is -2.18. The topological polar surface area (TPSA) is 103 Å². The standard InChI is InChI=1S/C14H8FN3O3/c15-11-4-3-9(6-8(11)7-16)18-13(19)12-10(14(20)21)2-1-5-17-12/h1-6H,(H,18,19)(H,20,21). The Morgan fingerprint density at radius 2 is 2.10 bits per heavy atom. The van der Waals surface area contributed by atoms with Crippen molar-refractivity contribution in [2.75, 3.05) is 5.32 Å². The van der Waals surface area contributed by atoms with Crippen LogP contribution in [0.5, 0.6) is 0 Å². The van der Waals surface area contributed by atoms with E-state index in [4.69, 9.17) is 10.4 Å². The van der Waals surface area contributed by atoms with Crippen LogP contribution in [0.15, 0.2) is 36.5 Å². The molecule has 0 unspecified atom stereocenters. The van der Waals surface area contributed by atoms with Crippen molar-refractivity contribution in [3.8, 4) is 6.07 Å². The lowest BCUT2D eigenvalue weighted by atomic mass is 10.1. The maximum absolute atomic E-state index is 13.2. The van der Waals surface area contributed by atoms with Crippen molar-refractivity contribution in [3.63, 3.8) is 0 Å². The fourth-order valence-corrected chi connectivity index (χ4v) is 1.64. The first kappa shape index (κ1) is 14.1. The number of benzene rings is 1. The van der Waals surface area contributed by atoms with Crippen LogP contribution in [0.1, 0.15) is 26.4 Å². The Hall–Kier alpha value is -3.27. The number of hydrogen-bond acceptors (Lipinski definition) is 4. The van der Waals surface area contributed by atoms with Gasteiger partial charge in [-0.1, -0.05) is 0 Å². The van der Waals surface area contributed by atoms with E-state index in [2.05, 4.69) is 10.3 Å². The van der Waals surface area contributed by atoms with Gasteiger partial charge in [-0.25, -0.2) is 9.18 Å². The van der Waals surface area contributed by atoms with Gasteiger partial charge in [0.2, 0.25) is 0 Å². The lowest BCUT2D eigenvalue weighted by molar-refractivity contribution is 0.0691. The van der Waals surface area contributed by atoms with Gasteiger partial charge in [0.15, 0.2) is 0 Å². The van der Waals surface area contributed by atoms with Crippen LogP contribution in [-0.4, -0.2) is 22.0 Å². The smallest absolute Gasteiger partial charge is 0.338 e. The summed E-state index contributed by atoms with van der Waals surface area (Å²) >= 11 is 0. The number of nitrogens with zero attached hydrogens (tertiary/aromatic N) is 2. The quantitative estimate of drug-likeness (QED) is 0.898. The fraction of sp³-hybridized carbons (Fsp3) is 0. The van der Waals surface area contributed by atoms with Gasteiger partial charge in [0, 0.05) is 11.9 Å². The summed E-state index contributed by atoms with van der Waals surface area (Å²) in [6, 6.07) is 7.73. The number of halogens is 1. The number of aromatic carboxylic acids is 1. The summed E-state index contributed by atoms with van der Waals surface area (Å²) in [5, 5.41) is 20.1. The minimum atomic E-state index is -1.29. The van der Waals surface area contributed by atoms with E-state index in [-0.39, 0.29) is 22.5 Å². The number of amides is 1. The number of nitriles is 1. The molecule has 21 heavy (non-hydrogen) atoms. The zero-order valence-corrected chi connectivity index (χ0v) is 10.5. The highest BCUT2D eigenvalue weighted by Crippen LogP contribution is 2.15. The molecule has 2 aromatic rings. The Kier molecular flexibility index (Phi) is 3.90. The average molecular weight is 285 g/mol. The summed E-state index contributed by atoms with van der Waals surface area (Å²) < 4.78 is 13.2. The molecule has 6 nitrogen and oxygen atoms in total. The zero-order chi connectivity index (χ0) is 15.4. The number of hydrogen-bond donors (Lipinski definition) is 2. The number of carboxylic acids is 1. The highest BCUT2D eigenvalue weighted by atomic mass is 19.1. The van der Waals surface area contributed by atoms with Crippen molar-refractivity contribution in [1.82, 2.24) is 4.98 Å². The first-order valence-electron chi connectivity index (χ1n) is 5.72. The third-order valence-electron chi connectivity index (χ3n) is 2.60. The molecule has 0 atom stereocenters. The van der Waals surface area contributed by atoms with E-state index in [1.165, 1.54) is 24.4 Å². The number of rotatable bonds is 3. The largest absolute Gasteiger partial charge is 0.478 e. The fourth-order valence-electron chi connectivity index (χ4n) is 1.64. The number of anilines is 1. The number of carbonyl (C=O) groups is 2. The van der Waals surface area contributed by atoms with Gasteiger partial charge in [-0.15, -0.1) is 0 Å². The van der Waals surface area contributed by atoms with Crippen LogP contribution >= 0.6 is 0 Å². The molecule has 2 rings (SSSR count). The average Bonchev–Trinajstić information content (AvgIpc) is 2.49. The predicted octanol–water partition coefficient (Wildman–Crippen LogP) is 2.04. The number of carboxylic acid groups (broad SMARTS) is 1. The number of nitrogens with one attached hydrogen (secondary N) is 1. The second-order valence-corrected chi connectivity index (χ2v) is 3.97. The van der Waals surface area contributed by atoms with Crippen LogP contribution in [0, 0.1) is 17.1 Å². The van der Waals surface area contributed by atoms with Gasteiger partial charge in [-0.2, -0.15) is 5.26 Å². The molecule has 0 fully saturated rings. The predicted molar refractivity (Wildman–Crippen MR) is 70.3 cm³/mol. The molecule has 2 N–H and O–H groups in total. The molecule has 1 amide bonds. The van der Waals surface area contributed by atoms with Crippen molar-refractivity contribution >= 4 is 17.6 Å². The van der Waals surface area contributed by atoms with E-state index >= 15 is 0 Å². The minimum absolute atomic E-state index is 0.167. The van der Waals surface area contributed by atoms with E-state index in [0.717, 1.165) is 12.1 Å².